The molecule has 0 heterocycles. The van der Waals surface area contributed by atoms with Crippen LogP contribution in [0.25, 0.3) is 0 Å². The van der Waals surface area contributed by atoms with E-state index in [0.29, 0.717) is 0 Å². The van der Waals surface area contributed by atoms with Gasteiger partial charge in [0.25, 0.3) is 0 Å². The Labute approximate surface area is 138 Å². The molecule has 1 rings (SSSR count). The first-order valence-corrected chi connectivity index (χ1v) is 4.61. The van der Waals surface area contributed by atoms with Crippen molar-refractivity contribution in [1.82, 2.24) is 0 Å². The number of benzene rings is 1. The first-order valence-electron chi connectivity index (χ1n) is 3.54. The molecular formula is C8H5FNa2O4S. The zero-order valence-electron chi connectivity index (χ0n) is 9.07. The summed E-state index contributed by atoms with van der Waals surface area (Å²) in [6.07, 6.45) is 0. The minimum atomic E-state index is -2.79. The monoisotopic (exact) mass is 262 g/mol. The fourth-order valence-corrected chi connectivity index (χ4v) is 1.43. The van der Waals surface area contributed by atoms with Crippen molar-refractivity contribution in [2.24, 2.45) is 0 Å². The molecule has 1 unspecified atom stereocenters. The molecule has 16 heavy (non-hydrogen) atoms. The molecular weight excluding hydrogens is 257 g/mol. The van der Waals surface area contributed by atoms with E-state index >= 15 is 0 Å². The van der Waals surface area contributed by atoms with Crippen LogP contribution in [0.15, 0.2) is 17.0 Å². The quantitative estimate of drug-likeness (QED) is 0.392. The zero-order chi connectivity index (χ0) is 10.9. The topological polar surface area (TPSA) is 80.3 Å². The van der Waals surface area contributed by atoms with Crippen LogP contribution in [0.5, 0.6) is 0 Å². The third-order valence-electron chi connectivity index (χ3n) is 1.68. The SMILES string of the molecule is Cc1cc(F)c(S(=O)[O-])cc1C(=O)[O-].[Na+].[Na+]. The summed E-state index contributed by atoms with van der Waals surface area (Å²) >= 11 is -2.79. The average Bonchev–Trinajstić information content (AvgIpc) is 2.02. The summed E-state index contributed by atoms with van der Waals surface area (Å²) in [5.41, 5.74) is -0.206. The van der Waals surface area contributed by atoms with Crippen molar-refractivity contribution in [2.45, 2.75) is 11.8 Å². The summed E-state index contributed by atoms with van der Waals surface area (Å²) < 4.78 is 33.8. The molecule has 0 saturated carbocycles. The number of aromatic carboxylic acids is 1. The summed E-state index contributed by atoms with van der Waals surface area (Å²) in [7, 11) is 0. The van der Waals surface area contributed by atoms with E-state index in [1.165, 1.54) is 6.92 Å². The van der Waals surface area contributed by atoms with E-state index in [0.717, 1.165) is 12.1 Å². The predicted molar refractivity (Wildman–Crippen MR) is 42.7 cm³/mol. The standard InChI is InChI=1S/C8H7FO4S.2Na/c1-4-2-6(9)7(14(12)13)3-5(4)8(10)11;;/h2-3H,1H3,(H,10,11)(H,12,13);;/q;2*+1/p-2. The van der Waals surface area contributed by atoms with E-state index in [2.05, 4.69) is 0 Å². The number of carboxylic acids is 1. The molecule has 0 aromatic heterocycles. The minimum absolute atomic E-state index is 0. The molecule has 0 aliphatic carbocycles. The van der Waals surface area contributed by atoms with Gasteiger partial charge in [-0.25, -0.2) is 4.39 Å². The summed E-state index contributed by atoms with van der Waals surface area (Å²) in [6.45, 7) is 1.35. The largest absolute Gasteiger partial charge is 1.00 e. The Hall–Kier alpha value is 0.730. The van der Waals surface area contributed by atoms with Crippen molar-refractivity contribution in [3.8, 4) is 0 Å². The van der Waals surface area contributed by atoms with Gasteiger partial charge in [-0.1, -0.05) is 0 Å². The molecule has 1 atom stereocenters. The Morgan fingerprint density at radius 2 is 1.88 bits per heavy atom. The van der Waals surface area contributed by atoms with E-state index in [1.807, 2.05) is 0 Å². The van der Waals surface area contributed by atoms with Crippen LogP contribution < -0.4 is 64.2 Å². The van der Waals surface area contributed by atoms with Gasteiger partial charge in [0, 0.05) is 5.56 Å². The van der Waals surface area contributed by atoms with Crippen molar-refractivity contribution in [3.63, 3.8) is 0 Å². The van der Waals surface area contributed by atoms with E-state index in [1.54, 1.807) is 0 Å². The van der Waals surface area contributed by atoms with Gasteiger partial charge in [-0.05, 0) is 35.7 Å². The number of hydrogen-bond acceptors (Lipinski definition) is 4. The van der Waals surface area contributed by atoms with E-state index in [9.17, 15) is 23.1 Å². The Kier molecular flexibility index (Phi) is 9.47. The van der Waals surface area contributed by atoms with Crippen LogP contribution in [0, 0.1) is 12.7 Å². The van der Waals surface area contributed by atoms with Gasteiger partial charge in [-0.15, -0.1) is 0 Å². The second-order valence-corrected chi connectivity index (χ2v) is 3.53. The van der Waals surface area contributed by atoms with Crippen LogP contribution in [0.3, 0.4) is 0 Å². The maximum absolute atomic E-state index is 12.9. The molecule has 0 aliphatic heterocycles. The van der Waals surface area contributed by atoms with Crippen LogP contribution in [-0.2, 0) is 11.1 Å². The summed E-state index contributed by atoms with van der Waals surface area (Å²) in [5, 5.41) is 10.5. The molecule has 76 valence electrons. The molecule has 1 aromatic rings. The van der Waals surface area contributed by atoms with E-state index in [4.69, 9.17) is 0 Å². The van der Waals surface area contributed by atoms with Crippen LogP contribution in [0.4, 0.5) is 4.39 Å². The Balaban J connectivity index is 0. The van der Waals surface area contributed by atoms with Gasteiger partial charge in [0.05, 0.1) is 10.9 Å². The van der Waals surface area contributed by atoms with E-state index < -0.39 is 27.8 Å². The van der Waals surface area contributed by atoms with Crippen LogP contribution in [-0.4, -0.2) is 14.7 Å². The fourth-order valence-electron chi connectivity index (χ4n) is 1.00. The molecule has 0 radical (unpaired) electrons. The molecule has 0 aliphatic rings. The van der Waals surface area contributed by atoms with Crippen molar-refractivity contribution >= 4 is 17.0 Å². The summed E-state index contributed by atoms with van der Waals surface area (Å²) in [4.78, 5) is 9.80. The predicted octanol–water partition coefficient (Wildman–Crippen LogP) is -6.26. The molecule has 0 N–H and O–H groups in total. The molecule has 0 spiro atoms. The van der Waals surface area contributed by atoms with Gasteiger partial charge in [-0.2, -0.15) is 0 Å². The Morgan fingerprint density at radius 3 is 2.25 bits per heavy atom. The van der Waals surface area contributed by atoms with Crippen LogP contribution in [0.2, 0.25) is 0 Å². The summed E-state index contributed by atoms with van der Waals surface area (Å²) in [5.74, 6) is -2.50. The Morgan fingerprint density at radius 1 is 1.38 bits per heavy atom. The first kappa shape index (κ1) is 19.1. The maximum atomic E-state index is 12.9. The van der Waals surface area contributed by atoms with Crippen molar-refractivity contribution < 1.29 is 82.2 Å². The van der Waals surface area contributed by atoms with Crippen molar-refractivity contribution in [3.05, 3.63) is 29.1 Å². The molecule has 1 aromatic carbocycles. The van der Waals surface area contributed by atoms with Crippen molar-refractivity contribution in [2.75, 3.05) is 0 Å². The van der Waals surface area contributed by atoms with Crippen LogP contribution in [0.1, 0.15) is 15.9 Å². The van der Waals surface area contributed by atoms with E-state index in [-0.39, 0.29) is 70.2 Å². The normalized spacial score (nSPS) is 10.9. The van der Waals surface area contributed by atoms with Gasteiger partial charge in [0.1, 0.15) is 5.82 Å². The second kappa shape index (κ2) is 7.94. The van der Waals surface area contributed by atoms with Gasteiger partial charge in [0.15, 0.2) is 0 Å². The van der Waals surface area contributed by atoms with Gasteiger partial charge in [-0.3, -0.25) is 4.21 Å². The number of halogens is 1. The molecule has 8 heteroatoms. The molecule has 0 fully saturated rings. The van der Waals surface area contributed by atoms with Gasteiger partial charge < -0.3 is 14.5 Å². The molecule has 0 bridgehead atoms. The first-order chi connectivity index (χ1) is 6.43. The molecule has 0 amide bonds. The molecule has 4 nitrogen and oxygen atoms in total. The number of aryl methyl sites for hydroxylation is 1. The third-order valence-corrected chi connectivity index (χ3v) is 2.35. The molecule has 0 saturated heterocycles. The number of rotatable bonds is 2. The Bertz CT molecular complexity index is 389. The minimum Gasteiger partial charge on any atom is -0.768 e. The smallest absolute Gasteiger partial charge is 0.768 e. The number of carboxylic acid groups (broad SMARTS) is 1. The van der Waals surface area contributed by atoms with Crippen LogP contribution >= 0.6 is 0 Å². The number of carbonyl (C=O) groups is 1. The fraction of sp³-hybridized carbons (Fsp3) is 0.125. The van der Waals surface area contributed by atoms with Gasteiger partial charge in [0.2, 0.25) is 0 Å². The second-order valence-electron chi connectivity index (χ2n) is 2.62. The zero-order valence-corrected chi connectivity index (χ0v) is 13.9. The van der Waals surface area contributed by atoms with Crippen molar-refractivity contribution in [1.29, 1.82) is 0 Å². The third kappa shape index (κ3) is 4.54. The average molecular weight is 262 g/mol. The van der Waals surface area contributed by atoms with Gasteiger partial charge >= 0.3 is 59.1 Å². The summed E-state index contributed by atoms with van der Waals surface area (Å²) in [6, 6.07) is 1.58. The number of hydrogen-bond donors (Lipinski definition) is 0. The maximum Gasteiger partial charge on any atom is 1.00 e. The number of carbonyl (C=O) groups excluding carboxylic acids is 1.